The number of hydrogen-bond acceptors (Lipinski definition) is 3. The molecule has 0 amide bonds. The van der Waals surface area contributed by atoms with Crippen LogP contribution in [-0.4, -0.2) is 27.7 Å². The molecular weight excluding hydrogens is 245 g/mol. The average molecular weight is 264 g/mol. The van der Waals surface area contributed by atoms with Crippen LogP contribution in [0.2, 0.25) is 0 Å². The van der Waals surface area contributed by atoms with E-state index in [0.29, 0.717) is 18.8 Å². The summed E-state index contributed by atoms with van der Waals surface area (Å²) in [4.78, 5) is 0. The van der Waals surface area contributed by atoms with E-state index in [1.54, 1.807) is 4.68 Å². The Morgan fingerprint density at radius 2 is 2.06 bits per heavy atom. The Hall–Kier alpha value is -1.11. The van der Waals surface area contributed by atoms with E-state index in [9.17, 15) is 13.2 Å². The highest BCUT2D eigenvalue weighted by atomic mass is 19.4. The lowest BCUT2D eigenvalue weighted by Gasteiger charge is -2.20. The van der Waals surface area contributed by atoms with Gasteiger partial charge in [-0.3, -0.25) is 0 Å². The molecule has 1 heterocycles. The molecule has 4 nitrogen and oxygen atoms in total. The van der Waals surface area contributed by atoms with Crippen LogP contribution in [0, 0.1) is 0 Å². The third-order valence-electron chi connectivity index (χ3n) is 2.52. The third kappa shape index (κ3) is 4.64. The molecule has 0 aliphatic carbocycles. The van der Waals surface area contributed by atoms with E-state index in [-0.39, 0.29) is 0 Å². The number of nitrogens with one attached hydrogen (secondary N) is 1. The second-order valence-corrected chi connectivity index (χ2v) is 4.21. The summed E-state index contributed by atoms with van der Waals surface area (Å²) in [6, 6.07) is -0.772. The molecule has 0 spiro atoms. The Morgan fingerprint density at radius 3 is 2.61 bits per heavy atom. The predicted molar refractivity (Wildman–Crippen MR) is 62.0 cm³/mol. The van der Waals surface area contributed by atoms with Crippen LogP contribution in [0.25, 0.3) is 0 Å². The average Bonchev–Trinajstić information content (AvgIpc) is 2.71. The molecule has 0 fully saturated rings. The summed E-state index contributed by atoms with van der Waals surface area (Å²) in [5.74, 6) is 0. The van der Waals surface area contributed by atoms with Crippen LogP contribution in [0.3, 0.4) is 0 Å². The van der Waals surface area contributed by atoms with Gasteiger partial charge in [0.1, 0.15) is 0 Å². The second kappa shape index (κ2) is 6.72. The summed E-state index contributed by atoms with van der Waals surface area (Å²) >= 11 is 0. The summed E-state index contributed by atoms with van der Waals surface area (Å²) in [6.07, 6.45) is -2.10. The zero-order valence-electron chi connectivity index (χ0n) is 10.7. The van der Waals surface area contributed by atoms with E-state index in [2.05, 4.69) is 15.6 Å². The number of hydrogen-bond donors (Lipinski definition) is 1. The first-order valence-corrected chi connectivity index (χ1v) is 6.16. The lowest BCUT2D eigenvalue weighted by molar-refractivity contribution is -0.140. The Balaban J connectivity index is 2.83. The summed E-state index contributed by atoms with van der Waals surface area (Å²) in [7, 11) is 0. The van der Waals surface area contributed by atoms with Gasteiger partial charge in [-0.25, -0.2) is 4.68 Å². The fraction of sp³-hybridized carbons (Fsp3) is 0.818. The van der Waals surface area contributed by atoms with Crippen LogP contribution >= 0.6 is 0 Å². The van der Waals surface area contributed by atoms with Gasteiger partial charge in [0, 0.05) is 6.54 Å². The lowest BCUT2D eigenvalue weighted by Crippen LogP contribution is -2.29. The summed E-state index contributed by atoms with van der Waals surface area (Å²) in [6.45, 7) is 4.98. The van der Waals surface area contributed by atoms with Crippen molar-refractivity contribution in [3.05, 3.63) is 11.9 Å². The fourth-order valence-corrected chi connectivity index (χ4v) is 1.75. The number of alkyl halides is 3. The van der Waals surface area contributed by atoms with Crippen LogP contribution in [-0.2, 0) is 6.54 Å². The zero-order chi connectivity index (χ0) is 13.6. The third-order valence-corrected chi connectivity index (χ3v) is 2.52. The number of rotatable bonds is 7. The summed E-state index contributed by atoms with van der Waals surface area (Å²) < 4.78 is 39.2. The smallest absolute Gasteiger partial charge is 0.308 e. The maximum absolute atomic E-state index is 12.6. The number of nitrogens with zero attached hydrogens (tertiary/aromatic N) is 3. The highest BCUT2D eigenvalue weighted by Gasteiger charge is 2.33. The normalized spacial score (nSPS) is 13.8. The monoisotopic (exact) mass is 264 g/mol. The van der Waals surface area contributed by atoms with E-state index in [4.69, 9.17) is 0 Å². The first kappa shape index (κ1) is 14.9. The van der Waals surface area contributed by atoms with E-state index < -0.39 is 18.6 Å². The molecular formula is C11H19F3N4. The minimum atomic E-state index is -4.20. The second-order valence-electron chi connectivity index (χ2n) is 4.21. The van der Waals surface area contributed by atoms with Crippen LogP contribution in [0.15, 0.2) is 6.20 Å². The molecule has 104 valence electrons. The molecule has 1 aromatic heterocycles. The van der Waals surface area contributed by atoms with Gasteiger partial charge in [0.25, 0.3) is 0 Å². The van der Waals surface area contributed by atoms with Crippen molar-refractivity contribution in [2.75, 3.05) is 6.54 Å². The molecule has 1 rings (SSSR count). The van der Waals surface area contributed by atoms with Crippen LogP contribution in [0.1, 0.15) is 44.8 Å². The minimum absolute atomic E-state index is 0.502. The van der Waals surface area contributed by atoms with Crippen molar-refractivity contribution in [3.63, 3.8) is 0 Å². The van der Waals surface area contributed by atoms with Crippen molar-refractivity contribution in [1.82, 2.24) is 20.3 Å². The molecule has 1 aromatic rings. The quantitative estimate of drug-likeness (QED) is 0.823. The van der Waals surface area contributed by atoms with Gasteiger partial charge < -0.3 is 5.32 Å². The van der Waals surface area contributed by atoms with Crippen molar-refractivity contribution in [2.45, 2.75) is 51.9 Å². The van der Waals surface area contributed by atoms with Gasteiger partial charge in [-0.2, -0.15) is 13.2 Å². The molecule has 0 aliphatic rings. The largest absolute Gasteiger partial charge is 0.390 e. The van der Waals surface area contributed by atoms with Gasteiger partial charge in [-0.05, 0) is 19.4 Å². The molecule has 0 aromatic carbocycles. The molecule has 7 heteroatoms. The topological polar surface area (TPSA) is 42.7 Å². The van der Waals surface area contributed by atoms with E-state index in [0.717, 1.165) is 12.8 Å². The summed E-state index contributed by atoms with van der Waals surface area (Å²) in [5.41, 5.74) is 0.502. The first-order valence-electron chi connectivity index (χ1n) is 6.16. The van der Waals surface area contributed by atoms with Crippen molar-refractivity contribution in [3.8, 4) is 0 Å². The molecule has 0 saturated carbocycles. The molecule has 1 atom stereocenters. The maximum atomic E-state index is 12.6. The van der Waals surface area contributed by atoms with Crippen molar-refractivity contribution >= 4 is 0 Å². The van der Waals surface area contributed by atoms with Gasteiger partial charge in [0.15, 0.2) is 0 Å². The Bertz CT molecular complexity index is 348. The Labute approximate surface area is 105 Å². The van der Waals surface area contributed by atoms with E-state index in [1.807, 2.05) is 13.8 Å². The maximum Gasteiger partial charge on any atom is 0.390 e. The fourth-order valence-electron chi connectivity index (χ4n) is 1.75. The van der Waals surface area contributed by atoms with Gasteiger partial charge >= 0.3 is 6.18 Å². The molecule has 0 bridgehead atoms. The number of halogens is 3. The van der Waals surface area contributed by atoms with E-state index >= 15 is 0 Å². The molecule has 1 N–H and O–H groups in total. The van der Waals surface area contributed by atoms with E-state index in [1.165, 1.54) is 6.20 Å². The van der Waals surface area contributed by atoms with Gasteiger partial charge in [-0.15, -0.1) is 5.10 Å². The van der Waals surface area contributed by atoms with Crippen LogP contribution in [0.4, 0.5) is 13.2 Å². The predicted octanol–water partition coefficient (Wildman–Crippen LogP) is 2.68. The highest BCUT2D eigenvalue weighted by molar-refractivity contribution is 5.03. The number of aryl methyl sites for hydroxylation is 1. The van der Waals surface area contributed by atoms with Gasteiger partial charge in [0.05, 0.1) is 24.4 Å². The highest BCUT2D eigenvalue weighted by Crippen LogP contribution is 2.29. The van der Waals surface area contributed by atoms with Gasteiger partial charge in [-0.1, -0.05) is 19.1 Å². The van der Waals surface area contributed by atoms with Crippen molar-refractivity contribution in [2.24, 2.45) is 0 Å². The molecule has 0 saturated heterocycles. The Morgan fingerprint density at radius 1 is 1.33 bits per heavy atom. The zero-order valence-corrected chi connectivity index (χ0v) is 10.7. The molecule has 0 aliphatic heterocycles. The standard InChI is InChI=1S/C11H19F3N4/c1-3-5-15-9(7-11(12,13)14)10-8-16-17-18(10)6-4-2/h8-9,15H,3-7H2,1-2H3. The molecule has 1 unspecified atom stereocenters. The van der Waals surface area contributed by atoms with Crippen molar-refractivity contribution in [1.29, 1.82) is 0 Å². The van der Waals surface area contributed by atoms with Gasteiger partial charge in [0.2, 0.25) is 0 Å². The van der Waals surface area contributed by atoms with Crippen LogP contribution in [0.5, 0.6) is 0 Å². The molecule has 0 radical (unpaired) electrons. The SMILES string of the molecule is CCCNC(CC(F)(F)F)c1cnnn1CCC. The van der Waals surface area contributed by atoms with Crippen LogP contribution < -0.4 is 5.32 Å². The number of aromatic nitrogens is 3. The Kier molecular flexibility index (Phi) is 5.58. The minimum Gasteiger partial charge on any atom is -0.308 e. The van der Waals surface area contributed by atoms with Crippen molar-refractivity contribution < 1.29 is 13.2 Å². The summed E-state index contributed by atoms with van der Waals surface area (Å²) in [5, 5.41) is 10.4. The lowest BCUT2D eigenvalue weighted by atomic mass is 10.1. The first-order chi connectivity index (χ1) is 8.48. The molecule has 18 heavy (non-hydrogen) atoms.